The molecule has 0 spiro atoms. The molecule has 2 aromatic carbocycles. The highest BCUT2D eigenvalue weighted by molar-refractivity contribution is 8.18. The molecule has 0 aromatic heterocycles. The van der Waals surface area contributed by atoms with Gasteiger partial charge in [0.2, 0.25) is 0 Å². The molecule has 0 radical (unpaired) electrons. The van der Waals surface area contributed by atoms with Crippen molar-refractivity contribution in [1.29, 1.82) is 0 Å². The lowest BCUT2D eigenvalue weighted by Crippen LogP contribution is -2.41. The van der Waals surface area contributed by atoms with Gasteiger partial charge >= 0.3 is 0 Å². The Kier molecular flexibility index (Phi) is 9.05. The van der Waals surface area contributed by atoms with Crippen LogP contribution in [0.4, 0.5) is 4.39 Å². The number of benzene rings is 2. The highest BCUT2D eigenvalue weighted by Gasteiger charge is 2.39. The molecule has 202 valence electrons. The normalized spacial score (nSPS) is 21.4. The van der Waals surface area contributed by atoms with Crippen LogP contribution in [0.15, 0.2) is 52.4 Å². The first-order valence-corrected chi connectivity index (χ1v) is 14.9. The first kappa shape index (κ1) is 26.8. The van der Waals surface area contributed by atoms with Crippen LogP contribution in [0.3, 0.4) is 0 Å². The lowest BCUT2D eigenvalue weighted by molar-refractivity contribution is -0.124. The number of aliphatic imine (C=N–C) groups is 1. The summed E-state index contributed by atoms with van der Waals surface area (Å²) in [5.41, 5.74) is 1.35. The van der Waals surface area contributed by atoms with E-state index in [1.165, 1.54) is 56.4 Å². The lowest BCUT2D eigenvalue weighted by atomic mass is 9.94. The van der Waals surface area contributed by atoms with Gasteiger partial charge in [-0.3, -0.25) is 14.7 Å². The summed E-state index contributed by atoms with van der Waals surface area (Å²) >= 11 is 1.52. The zero-order chi connectivity index (χ0) is 26.3. The Morgan fingerprint density at radius 1 is 0.974 bits per heavy atom. The molecule has 1 saturated heterocycles. The van der Waals surface area contributed by atoms with E-state index in [0.29, 0.717) is 34.6 Å². The van der Waals surface area contributed by atoms with Gasteiger partial charge in [-0.15, -0.1) is 0 Å². The second kappa shape index (κ2) is 12.8. The molecule has 0 unspecified atom stereocenters. The maximum Gasteiger partial charge on any atom is 0.266 e. The van der Waals surface area contributed by atoms with Gasteiger partial charge in [-0.05, 0) is 74.2 Å². The Morgan fingerprint density at radius 2 is 1.71 bits per heavy atom. The molecule has 7 heteroatoms. The van der Waals surface area contributed by atoms with Crippen molar-refractivity contribution in [3.05, 3.63) is 64.3 Å². The van der Waals surface area contributed by atoms with Crippen LogP contribution in [0.2, 0.25) is 0 Å². The number of hydrogen-bond acceptors (Lipinski definition) is 5. The van der Waals surface area contributed by atoms with E-state index in [4.69, 9.17) is 14.5 Å². The quantitative estimate of drug-likeness (QED) is 0.324. The third-order valence-corrected chi connectivity index (χ3v) is 8.55. The Balaban J connectivity index is 1.38. The standard InChI is InChI=1S/C31H37FN2O3S/c1-2-36-28-19-22(17-18-27(28)37-21-23-11-9-10-16-26(23)32)20-29-30(35)34(25-14-7-4-8-15-25)31(38-29)33-24-12-5-3-6-13-24/h9-11,16-20,24-25H,2-8,12-15,21H2,1H3. The number of amidine groups is 1. The molecule has 0 N–H and O–H groups in total. The van der Waals surface area contributed by atoms with Gasteiger partial charge in [-0.25, -0.2) is 4.39 Å². The van der Waals surface area contributed by atoms with Gasteiger partial charge in [0.05, 0.1) is 17.6 Å². The summed E-state index contributed by atoms with van der Waals surface area (Å²) in [5.74, 6) is 0.894. The number of carbonyl (C=O) groups excluding carboxylic acids is 1. The molecule has 38 heavy (non-hydrogen) atoms. The van der Waals surface area contributed by atoms with Gasteiger partial charge in [-0.1, -0.05) is 62.8 Å². The molecule has 5 rings (SSSR count). The Labute approximate surface area is 229 Å². The van der Waals surface area contributed by atoms with Gasteiger partial charge in [-0.2, -0.15) is 0 Å². The monoisotopic (exact) mass is 536 g/mol. The van der Waals surface area contributed by atoms with Crippen LogP contribution in [0.25, 0.3) is 6.08 Å². The Morgan fingerprint density at radius 3 is 2.45 bits per heavy atom. The van der Waals surface area contributed by atoms with Crippen molar-refractivity contribution in [1.82, 2.24) is 4.90 Å². The van der Waals surface area contributed by atoms with Crippen molar-refractivity contribution in [3.8, 4) is 11.5 Å². The van der Waals surface area contributed by atoms with E-state index in [9.17, 15) is 9.18 Å². The molecule has 2 aromatic rings. The maximum atomic E-state index is 14.0. The summed E-state index contributed by atoms with van der Waals surface area (Å²) in [6.07, 6.45) is 13.6. The number of thioether (sulfide) groups is 1. The maximum absolute atomic E-state index is 14.0. The van der Waals surface area contributed by atoms with E-state index in [1.807, 2.05) is 36.1 Å². The molecule has 5 nitrogen and oxygen atoms in total. The number of rotatable bonds is 8. The van der Waals surface area contributed by atoms with Gasteiger partial charge < -0.3 is 9.47 Å². The van der Waals surface area contributed by atoms with E-state index in [2.05, 4.69) is 0 Å². The molecule has 2 aliphatic carbocycles. The van der Waals surface area contributed by atoms with Crippen LogP contribution in [-0.4, -0.2) is 34.7 Å². The van der Waals surface area contributed by atoms with Crippen LogP contribution >= 0.6 is 11.8 Å². The zero-order valence-corrected chi connectivity index (χ0v) is 23.0. The van der Waals surface area contributed by atoms with Crippen LogP contribution in [0.1, 0.15) is 82.3 Å². The summed E-state index contributed by atoms with van der Waals surface area (Å²) in [6, 6.07) is 12.8. The van der Waals surface area contributed by atoms with Gasteiger partial charge in [0.1, 0.15) is 12.4 Å². The third-order valence-electron chi connectivity index (χ3n) is 7.55. The summed E-state index contributed by atoms with van der Waals surface area (Å²) in [4.78, 5) is 21.5. The fourth-order valence-corrected chi connectivity index (χ4v) is 6.64. The fraction of sp³-hybridized carbons (Fsp3) is 0.484. The predicted octanol–water partition coefficient (Wildman–Crippen LogP) is 7.74. The van der Waals surface area contributed by atoms with Crippen molar-refractivity contribution >= 4 is 28.9 Å². The highest BCUT2D eigenvalue weighted by Crippen LogP contribution is 2.39. The first-order chi connectivity index (χ1) is 18.6. The van der Waals surface area contributed by atoms with E-state index in [-0.39, 0.29) is 24.4 Å². The minimum atomic E-state index is -0.295. The van der Waals surface area contributed by atoms with Crippen molar-refractivity contribution < 1.29 is 18.7 Å². The minimum absolute atomic E-state index is 0.0642. The average molecular weight is 537 g/mol. The molecular weight excluding hydrogens is 499 g/mol. The average Bonchev–Trinajstić information content (AvgIpc) is 3.24. The third kappa shape index (κ3) is 6.42. The number of carbonyl (C=O) groups is 1. The van der Waals surface area contributed by atoms with E-state index < -0.39 is 0 Å². The van der Waals surface area contributed by atoms with Crippen LogP contribution in [0, 0.1) is 5.82 Å². The summed E-state index contributed by atoms with van der Waals surface area (Å²) in [6.45, 7) is 2.49. The number of ether oxygens (including phenoxy) is 2. The second-order valence-electron chi connectivity index (χ2n) is 10.3. The van der Waals surface area contributed by atoms with Crippen molar-refractivity contribution in [2.45, 2.75) is 89.8 Å². The fourth-order valence-electron chi connectivity index (χ4n) is 5.53. The number of halogens is 1. The molecule has 1 amide bonds. The predicted molar refractivity (Wildman–Crippen MR) is 152 cm³/mol. The van der Waals surface area contributed by atoms with E-state index in [1.54, 1.807) is 18.2 Å². The molecule has 2 saturated carbocycles. The number of hydrogen-bond donors (Lipinski definition) is 0. The second-order valence-corrected chi connectivity index (χ2v) is 11.3. The SMILES string of the molecule is CCOc1cc(C=C2SC(=NC3CCCCC3)N(C3CCCCC3)C2=O)ccc1OCc1ccccc1F. The lowest BCUT2D eigenvalue weighted by Gasteiger charge is -2.31. The van der Waals surface area contributed by atoms with Gasteiger partial charge in [0, 0.05) is 11.6 Å². The molecule has 3 fully saturated rings. The first-order valence-electron chi connectivity index (χ1n) is 14.1. The summed E-state index contributed by atoms with van der Waals surface area (Å²) < 4.78 is 25.8. The van der Waals surface area contributed by atoms with Crippen LogP contribution in [0.5, 0.6) is 11.5 Å². The smallest absolute Gasteiger partial charge is 0.266 e. The van der Waals surface area contributed by atoms with Crippen molar-refractivity contribution in [2.24, 2.45) is 4.99 Å². The van der Waals surface area contributed by atoms with Crippen molar-refractivity contribution in [2.75, 3.05) is 6.61 Å². The van der Waals surface area contributed by atoms with Crippen LogP contribution in [-0.2, 0) is 11.4 Å². The largest absolute Gasteiger partial charge is 0.490 e. The zero-order valence-electron chi connectivity index (χ0n) is 22.2. The molecule has 0 bridgehead atoms. The Bertz CT molecular complexity index is 1190. The number of amides is 1. The van der Waals surface area contributed by atoms with Crippen LogP contribution < -0.4 is 9.47 Å². The molecular formula is C31H37FN2O3S. The Hall–Kier alpha value is -2.80. The molecule has 0 atom stereocenters. The number of nitrogens with zero attached hydrogens (tertiary/aromatic N) is 2. The topological polar surface area (TPSA) is 51.1 Å². The van der Waals surface area contributed by atoms with Gasteiger partial charge in [0.15, 0.2) is 16.7 Å². The summed E-state index contributed by atoms with van der Waals surface area (Å²) in [5, 5.41) is 0.884. The molecule has 3 aliphatic rings. The highest BCUT2D eigenvalue weighted by atomic mass is 32.2. The summed E-state index contributed by atoms with van der Waals surface area (Å²) in [7, 11) is 0. The van der Waals surface area contributed by atoms with Gasteiger partial charge in [0.25, 0.3) is 5.91 Å². The molecule has 1 heterocycles. The van der Waals surface area contributed by atoms with E-state index >= 15 is 0 Å². The van der Waals surface area contributed by atoms with Crippen molar-refractivity contribution in [3.63, 3.8) is 0 Å². The minimum Gasteiger partial charge on any atom is -0.490 e. The molecule has 1 aliphatic heterocycles. The van der Waals surface area contributed by atoms with E-state index in [0.717, 1.165) is 36.4 Å².